The lowest BCUT2D eigenvalue weighted by atomic mass is 10.2. The van der Waals surface area contributed by atoms with Crippen LogP contribution in [0.25, 0.3) is 11.6 Å². The summed E-state index contributed by atoms with van der Waals surface area (Å²) in [5, 5.41) is 0.833. The van der Waals surface area contributed by atoms with Crippen LogP contribution < -0.4 is 0 Å². The van der Waals surface area contributed by atoms with Gasteiger partial charge in [-0.3, -0.25) is 0 Å². The van der Waals surface area contributed by atoms with Gasteiger partial charge in [0.15, 0.2) is 11.6 Å². The minimum Gasteiger partial charge on any atom is -0.457 e. The molecule has 5 heteroatoms. The molecule has 106 valence electrons. The number of hydrogen-bond donors (Lipinski definition) is 0. The van der Waals surface area contributed by atoms with Crippen molar-refractivity contribution in [1.82, 2.24) is 9.97 Å². The molecule has 3 nitrogen and oxygen atoms in total. The van der Waals surface area contributed by atoms with E-state index in [1.165, 1.54) is 6.42 Å². The van der Waals surface area contributed by atoms with E-state index in [2.05, 4.69) is 23.8 Å². The van der Waals surface area contributed by atoms with Gasteiger partial charge in [-0.05, 0) is 30.9 Å². The zero-order valence-corrected chi connectivity index (χ0v) is 13.0. The first-order chi connectivity index (χ1) is 9.60. The molecule has 0 N–H and O–H groups in total. The summed E-state index contributed by atoms with van der Waals surface area (Å²) in [7, 11) is 0. The Bertz CT molecular complexity index is 616. The number of furan rings is 1. The molecule has 2 unspecified atom stereocenters. The summed E-state index contributed by atoms with van der Waals surface area (Å²) in [5.41, 5.74) is 0.808. The fourth-order valence-corrected chi connectivity index (χ4v) is 2.96. The van der Waals surface area contributed by atoms with Gasteiger partial charge >= 0.3 is 0 Å². The van der Waals surface area contributed by atoms with E-state index in [0.29, 0.717) is 33.7 Å². The van der Waals surface area contributed by atoms with Gasteiger partial charge in [0.1, 0.15) is 16.1 Å². The smallest absolute Gasteiger partial charge is 0.198 e. The number of rotatable bonds is 4. The van der Waals surface area contributed by atoms with Crippen molar-refractivity contribution in [3.63, 3.8) is 0 Å². The molecule has 2 atom stereocenters. The third-order valence-corrected chi connectivity index (χ3v) is 4.35. The van der Waals surface area contributed by atoms with Crippen molar-refractivity contribution in [1.29, 1.82) is 0 Å². The largest absolute Gasteiger partial charge is 0.457 e. The van der Waals surface area contributed by atoms with Crippen molar-refractivity contribution < 1.29 is 4.42 Å². The molecule has 1 fully saturated rings. The van der Waals surface area contributed by atoms with Crippen molar-refractivity contribution in [2.24, 2.45) is 5.92 Å². The van der Waals surface area contributed by atoms with E-state index in [1.807, 2.05) is 12.1 Å². The van der Waals surface area contributed by atoms with Gasteiger partial charge in [0.2, 0.25) is 0 Å². The van der Waals surface area contributed by atoms with E-state index in [-0.39, 0.29) is 0 Å². The van der Waals surface area contributed by atoms with E-state index in [4.69, 9.17) is 27.6 Å². The molecule has 0 aliphatic heterocycles. The van der Waals surface area contributed by atoms with Gasteiger partial charge in [0, 0.05) is 11.5 Å². The molecular weight excluding hydrogens is 295 g/mol. The molecule has 3 rings (SSSR count). The average molecular weight is 311 g/mol. The number of aromatic nitrogens is 2. The maximum atomic E-state index is 6.19. The summed E-state index contributed by atoms with van der Waals surface area (Å²) in [5.74, 6) is 3.33. The van der Waals surface area contributed by atoms with Crippen LogP contribution in [0.15, 0.2) is 16.5 Å². The van der Waals surface area contributed by atoms with Crippen LogP contribution in [0.3, 0.4) is 0 Å². The maximum absolute atomic E-state index is 6.19. The molecule has 1 aliphatic carbocycles. The average Bonchev–Trinajstić information content (AvgIpc) is 2.95. The van der Waals surface area contributed by atoms with Crippen LogP contribution >= 0.6 is 23.2 Å². The highest BCUT2D eigenvalue weighted by Crippen LogP contribution is 2.47. The SMILES string of the molecule is CCCc1c(Cl)nc(-c2ccc(C3CC3C)o2)nc1Cl. The van der Waals surface area contributed by atoms with Crippen LogP contribution in [-0.2, 0) is 6.42 Å². The van der Waals surface area contributed by atoms with Gasteiger partial charge in [-0.25, -0.2) is 9.97 Å². The Morgan fingerprint density at radius 1 is 1.25 bits per heavy atom. The van der Waals surface area contributed by atoms with Gasteiger partial charge < -0.3 is 4.42 Å². The quantitative estimate of drug-likeness (QED) is 0.736. The number of hydrogen-bond acceptors (Lipinski definition) is 3. The lowest BCUT2D eigenvalue weighted by Crippen LogP contribution is -1.97. The van der Waals surface area contributed by atoms with E-state index in [1.54, 1.807) is 0 Å². The van der Waals surface area contributed by atoms with Crippen molar-refractivity contribution >= 4 is 23.2 Å². The Kier molecular flexibility index (Phi) is 3.74. The van der Waals surface area contributed by atoms with Crippen molar-refractivity contribution in [2.75, 3.05) is 0 Å². The maximum Gasteiger partial charge on any atom is 0.198 e. The van der Waals surface area contributed by atoms with Crippen LogP contribution in [0, 0.1) is 5.92 Å². The second-order valence-electron chi connectivity index (χ2n) is 5.38. The molecule has 0 bridgehead atoms. The lowest BCUT2D eigenvalue weighted by Gasteiger charge is -2.05. The fraction of sp³-hybridized carbons (Fsp3) is 0.467. The summed E-state index contributed by atoms with van der Waals surface area (Å²) in [6.07, 6.45) is 2.91. The first-order valence-corrected chi connectivity index (χ1v) is 7.67. The molecule has 0 aromatic carbocycles. The highest BCUT2D eigenvalue weighted by atomic mass is 35.5. The summed E-state index contributed by atoms with van der Waals surface area (Å²) in [6, 6.07) is 3.89. The summed E-state index contributed by atoms with van der Waals surface area (Å²) >= 11 is 12.4. The summed E-state index contributed by atoms with van der Waals surface area (Å²) in [4.78, 5) is 8.62. The molecule has 2 aromatic heterocycles. The van der Waals surface area contributed by atoms with Crippen molar-refractivity contribution in [3.8, 4) is 11.6 Å². The normalized spacial score (nSPS) is 21.2. The summed E-state index contributed by atoms with van der Waals surface area (Å²) < 4.78 is 5.83. The van der Waals surface area contributed by atoms with E-state index in [0.717, 1.165) is 24.2 Å². The Balaban J connectivity index is 1.92. The molecule has 2 aromatic rings. The molecule has 2 heterocycles. The first-order valence-electron chi connectivity index (χ1n) is 6.92. The standard InChI is InChI=1S/C15H16Cl2N2O/c1-3-4-9-13(16)18-15(19-14(9)17)12-6-5-11(20-12)10-7-8(10)2/h5-6,8,10H,3-4,7H2,1-2H3. The zero-order chi connectivity index (χ0) is 14.3. The van der Waals surface area contributed by atoms with Crippen molar-refractivity contribution in [2.45, 2.75) is 39.0 Å². The Morgan fingerprint density at radius 3 is 2.45 bits per heavy atom. The Labute approximate surface area is 128 Å². The van der Waals surface area contributed by atoms with Crippen LogP contribution in [-0.4, -0.2) is 9.97 Å². The van der Waals surface area contributed by atoms with Crippen LogP contribution in [0.2, 0.25) is 10.3 Å². The van der Waals surface area contributed by atoms with E-state index < -0.39 is 0 Å². The first kappa shape index (κ1) is 13.9. The molecule has 1 aliphatic rings. The van der Waals surface area contributed by atoms with Gasteiger partial charge in [-0.15, -0.1) is 0 Å². The predicted octanol–water partition coefficient (Wildman–Crippen LogP) is 5.12. The molecule has 0 spiro atoms. The second-order valence-corrected chi connectivity index (χ2v) is 6.09. The van der Waals surface area contributed by atoms with E-state index >= 15 is 0 Å². The highest BCUT2D eigenvalue weighted by molar-refractivity contribution is 6.34. The molecule has 0 saturated heterocycles. The van der Waals surface area contributed by atoms with Gasteiger partial charge in [0.25, 0.3) is 0 Å². The molecular formula is C15H16Cl2N2O. The van der Waals surface area contributed by atoms with Gasteiger partial charge in [-0.2, -0.15) is 0 Å². The lowest BCUT2D eigenvalue weighted by molar-refractivity contribution is 0.515. The molecule has 20 heavy (non-hydrogen) atoms. The minimum absolute atomic E-state index is 0.416. The highest BCUT2D eigenvalue weighted by Gasteiger charge is 2.36. The number of nitrogens with zero attached hydrogens (tertiary/aromatic N) is 2. The third kappa shape index (κ3) is 2.57. The Hall–Kier alpha value is -1.06. The van der Waals surface area contributed by atoms with E-state index in [9.17, 15) is 0 Å². The topological polar surface area (TPSA) is 38.9 Å². The predicted molar refractivity (Wildman–Crippen MR) is 80.3 cm³/mol. The monoisotopic (exact) mass is 310 g/mol. The molecule has 1 saturated carbocycles. The summed E-state index contributed by atoms with van der Waals surface area (Å²) in [6.45, 7) is 4.28. The molecule has 0 amide bonds. The van der Waals surface area contributed by atoms with Crippen LogP contribution in [0.5, 0.6) is 0 Å². The minimum atomic E-state index is 0.416. The van der Waals surface area contributed by atoms with Gasteiger partial charge in [0.05, 0.1) is 0 Å². The van der Waals surface area contributed by atoms with Crippen molar-refractivity contribution in [3.05, 3.63) is 33.8 Å². The van der Waals surface area contributed by atoms with Gasteiger partial charge in [-0.1, -0.05) is 43.5 Å². The third-order valence-electron chi connectivity index (χ3n) is 3.73. The molecule has 0 radical (unpaired) electrons. The zero-order valence-electron chi connectivity index (χ0n) is 11.5. The Morgan fingerprint density at radius 2 is 1.90 bits per heavy atom. The van der Waals surface area contributed by atoms with Crippen LogP contribution in [0.4, 0.5) is 0 Å². The second kappa shape index (κ2) is 5.38. The number of halogens is 2. The van der Waals surface area contributed by atoms with Crippen LogP contribution in [0.1, 0.15) is 43.9 Å². The fourth-order valence-electron chi connectivity index (χ4n) is 2.39.